The molecule has 0 saturated carbocycles. The number of rotatable bonds is 4. The van der Waals surface area contributed by atoms with Crippen molar-refractivity contribution in [1.82, 2.24) is 10.2 Å². The van der Waals surface area contributed by atoms with E-state index in [4.69, 9.17) is 0 Å². The lowest BCUT2D eigenvalue weighted by atomic mass is 10.0. The van der Waals surface area contributed by atoms with Crippen molar-refractivity contribution in [2.45, 2.75) is 13.0 Å². The lowest BCUT2D eigenvalue weighted by Crippen LogP contribution is -2.48. The maximum atomic E-state index is 13.6. The molecular weight excluding hydrogens is 405 g/mol. The van der Waals surface area contributed by atoms with E-state index in [0.29, 0.717) is 30.9 Å². The number of halogens is 2. The first kappa shape index (κ1) is 22.1. The number of hydrogen-bond acceptors (Lipinski definition) is 4. The van der Waals surface area contributed by atoms with Crippen LogP contribution in [-0.2, 0) is 10.0 Å². The zero-order chi connectivity index (χ0) is 19.6. The van der Waals surface area contributed by atoms with Gasteiger partial charge in [0.15, 0.2) is 0 Å². The van der Waals surface area contributed by atoms with E-state index in [0.717, 1.165) is 17.4 Å². The highest BCUT2D eigenvalue weighted by Gasteiger charge is 2.29. The minimum absolute atomic E-state index is 0. The van der Waals surface area contributed by atoms with Crippen molar-refractivity contribution in [1.29, 1.82) is 0 Å². The van der Waals surface area contributed by atoms with Crippen LogP contribution in [0.3, 0.4) is 0 Å². The van der Waals surface area contributed by atoms with Gasteiger partial charge in [-0.05, 0) is 42.3 Å². The van der Waals surface area contributed by atoms with Gasteiger partial charge in [0.1, 0.15) is 5.82 Å². The van der Waals surface area contributed by atoms with E-state index in [-0.39, 0.29) is 30.2 Å². The normalized spacial score (nSPS) is 17.0. The van der Waals surface area contributed by atoms with Crippen LogP contribution in [0, 0.1) is 12.7 Å². The predicted molar refractivity (Wildman–Crippen MR) is 110 cm³/mol. The van der Waals surface area contributed by atoms with Gasteiger partial charge in [0, 0.05) is 25.2 Å². The number of sulfonamides is 1. The Labute approximate surface area is 170 Å². The Morgan fingerprint density at radius 1 is 1.25 bits per heavy atom. The summed E-state index contributed by atoms with van der Waals surface area (Å²) in [5.41, 5.74) is 2.20. The molecule has 0 bridgehead atoms. The Morgan fingerprint density at radius 3 is 2.68 bits per heavy atom. The van der Waals surface area contributed by atoms with Crippen molar-refractivity contribution < 1.29 is 17.6 Å². The molecular formula is C19H23ClFN3O3S. The molecule has 0 radical (unpaired) electrons. The van der Waals surface area contributed by atoms with E-state index >= 15 is 0 Å². The summed E-state index contributed by atoms with van der Waals surface area (Å²) in [6.45, 7) is 3.40. The highest BCUT2D eigenvalue weighted by molar-refractivity contribution is 7.92. The van der Waals surface area contributed by atoms with E-state index in [9.17, 15) is 17.6 Å². The molecule has 6 nitrogen and oxygen atoms in total. The number of anilines is 1. The third-order valence-electron chi connectivity index (χ3n) is 4.52. The van der Waals surface area contributed by atoms with Crippen LogP contribution in [0.5, 0.6) is 0 Å². The minimum Gasteiger partial charge on any atom is -0.329 e. The molecule has 28 heavy (non-hydrogen) atoms. The molecule has 2 N–H and O–H groups in total. The van der Waals surface area contributed by atoms with Crippen LogP contribution in [0.2, 0.25) is 0 Å². The predicted octanol–water partition coefficient (Wildman–Crippen LogP) is 2.71. The summed E-state index contributed by atoms with van der Waals surface area (Å²) >= 11 is 0. The molecule has 1 amide bonds. The summed E-state index contributed by atoms with van der Waals surface area (Å²) in [7, 11) is -3.45. The Morgan fingerprint density at radius 2 is 2.00 bits per heavy atom. The van der Waals surface area contributed by atoms with E-state index in [1.165, 1.54) is 12.1 Å². The zero-order valence-corrected chi connectivity index (χ0v) is 17.2. The second-order valence-corrected chi connectivity index (χ2v) is 8.43. The standard InChI is InChI=1S/C19H22FN3O3S.ClH/c1-13-6-7-15(11-17(13)22-27(2,25)26)19(24)23-9-8-21-12-18(23)14-4-3-5-16(20)10-14;/h3-7,10-11,18,21-22H,8-9,12H2,1-2H3;1H. The second kappa shape index (κ2) is 8.89. The monoisotopic (exact) mass is 427 g/mol. The molecule has 1 fully saturated rings. The van der Waals surface area contributed by atoms with Gasteiger partial charge in [-0.2, -0.15) is 0 Å². The third-order valence-corrected chi connectivity index (χ3v) is 5.11. The number of benzene rings is 2. The van der Waals surface area contributed by atoms with Crippen LogP contribution >= 0.6 is 12.4 Å². The van der Waals surface area contributed by atoms with Crippen LogP contribution in [0.15, 0.2) is 42.5 Å². The molecule has 152 valence electrons. The molecule has 1 atom stereocenters. The van der Waals surface area contributed by atoms with E-state index in [1.807, 2.05) is 0 Å². The maximum Gasteiger partial charge on any atom is 0.254 e. The molecule has 0 aromatic heterocycles. The lowest BCUT2D eigenvalue weighted by Gasteiger charge is -2.36. The van der Waals surface area contributed by atoms with Gasteiger partial charge in [0.05, 0.1) is 18.0 Å². The van der Waals surface area contributed by atoms with Gasteiger partial charge in [-0.3, -0.25) is 9.52 Å². The Kier molecular flexibility index (Phi) is 7.03. The Bertz CT molecular complexity index is 969. The van der Waals surface area contributed by atoms with Gasteiger partial charge in [-0.25, -0.2) is 12.8 Å². The number of nitrogens with zero attached hydrogens (tertiary/aromatic N) is 1. The zero-order valence-electron chi connectivity index (χ0n) is 15.6. The molecule has 0 spiro atoms. The molecule has 0 aliphatic carbocycles. The van der Waals surface area contributed by atoms with Gasteiger partial charge in [-0.1, -0.05) is 18.2 Å². The molecule has 2 aromatic rings. The first-order chi connectivity index (χ1) is 12.7. The van der Waals surface area contributed by atoms with Gasteiger partial charge < -0.3 is 10.2 Å². The summed E-state index contributed by atoms with van der Waals surface area (Å²) in [6.07, 6.45) is 1.07. The minimum atomic E-state index is -3.45. The smallest absolute Gasteiger partial charge is 0.254 e. The summed E-state index contributed by atoms with van der Waals surface area (Å²) in [4.78, 5) is 14.8. The Hall–Kier alpha value is -2.16. The number of piperazine rings is 1. The number of hydrogen-bond donors (Lipinski definition) is 2. The van der Waals surface area contributed by atoms with Crippen LogP contribution < -0.4 is 10.0 Å². The maximum absolute atomic E-state index is 13.6. The van der Waals surface area contributed by atoms with Crippen molar-refractivity contribution in [3.8, 4) is 0 Å². The number of aryl methyl sites for hydroxylation is 1. The summed E-state index contributed by atoms with van der Waals surface area (Å²) in [5.74, 6) is -0.567. The quantitative estimate of drug-likeness (QED) is 0.786. The first-order valence-electron chi connectivity index (χ1n) is 8.60. The van der Waals surface area contributed by atoms with Crippen LogP contribution in [0.25, 0.3) is 0 Å². The van der Waals surface area contributed by atoms with Crippen molar-refractivity contribution in [3.05, 3.63) is 65.0 Å². The fourth-order valence-corrected chi connectivity index (χ4v) is 3.81. The van der Waals surface area contributed by atoms with Gasteiger partial charge in [0.25, 0.3) is 5.91 Å². The Balaban J connectivity index is 0.00000280. The molecule has 1 unspecified atom stereocenters. The average molecular weight is 428 g/mol. The topological polar surface area (TPSA) is 78.5 Å². The number of amides is 1. The molecule has 3 rings (SSSR count). The molecule has 1 aliphatic heterocycles. The van der Waals surface area contributed by atoms with Gasteiger partial charge >= 0.3 is 0 Å². The molecule has 9 heteroatoms. The average Bonchev–Trinajstić information content (AvgIpc) is 2.62. The van der Waals surface area contributed by atoms with Crippen molar-refractivity contribution in [2.24, 2.45) is 0 Å². The SMILES string of the molecule is Cc1ccc(C(=O)N2CCNCC2c2cccc(F)c2)cc1NS(C)(=O)=O.Cl. The van der Waals surface area contributed by atoms with Gasteiger partial charge in [0.2, 0.25) is 10.0 Å². The summed E-state index contributed by atoms with van der Waals surface area (Å²) < 4.78 is 39.2. The first-order valence-corrected chi connectivity index (χ1v) is 10.5. The van der Waals surface area contributed by atoms with Crippen LogP contribution in [0.1, 0.15) is 27.5 Å². The molecule has 1 aliphatic rings. The van der Waals surface area contributed by atoms with E-state index in [1.54, 1.807) is 42.2 Å². The largest absolute Gasteiger partial charge is 0.329 e. The summed E-state index contributed by atoms with van der Waals surface area (Å²) in [5, 5.41) is 3.23. The van der Waals surface area contributed by atoms with Crippen molar-refractivity contribution in [2.75, 3.05) is 30.6 Å². The fourth-order valence-electron chi connectivity index (χ4n) is 3.19. The third kappa shape index (κ3) is 5.21. The highest BCUT2D eigenvalue weighted by atomic mass is 35.5. The highest BCUT2D eigenvalue weighted by Crippen LogP contribution is 2.26. The van der Waals surface area contributed by atoms with Crippen molar-refractivity contribution in [3.63, 3.8) is 0 Å². The number of carbonyl (C=O) groups is 1. The lowest BCUT2D eigenvalue weighted by molar-refractivity contribution is 0.0634. The molecule has 1 heterocycles. The van der Waals surface area contributed by atoms with E-state index < -0.39 is 10.0 Å². The summed E-state index contributed by atoms with van der Waals surface area (Å²) in [6, 6.07) is 10.9. The number of carbonyl (C=O) groups excluding carboxylic acids is 1. The molecule has 1 saturated heterocycles. The van der Waals surface area contributed by atoms with Crippen LogP contribution in [0.4, 0.5) is 10.1 Å². The fraction of sp³-hybridized carbons (Fsp3) is 0.316. The second-order valence-electron chi connectivity index (χ2n) is 6.68. The molecule has 2 aromatic carbocycles. The van der Waals surface area contributed by atoms with Crippen LogP contribution in [-0.4, -0.2) is 45.1 Å². The van der Waals surface area contributed by atoms with Crippen molar-refractivity contribution >= 4 is 34.0 Å². The van der Waals surface area contributed by atoms with Gasteiger partial charge in [-0.15, -0.1) is 12.4 Å². The van der Waals surface area contributed by atoms with E-state index in [2.05, 4.69) is 10.0 Å². The number of nitrogens with one attached hydrogen (secondary N) is 2.